The molecule has 1 N–H and O–H groups in total. The highest BCUT2D eigenvalue weighted by Crippen LogP contribution is 2.23. The van der Waals surface area contributed by atoms with Crippen LogP contribution in [0, 0.1) is 0 Å². The summed E-state index contributed by atoms with van der Waals surface area (Å²) in [6, 6.07) is 12.8. The van der Waals surface area contributed by atoms with Crippen LogP contribution in [0.1, 0.15) is 44.1 Å². The molecule has 1 heterocycles. The molecule has 0 spiro atoms. The van der Waals surface area contributed by atoms with E-state index in [4.69, 9.17) is 0 Å². The third-order valence-electron chi connectivity index (χ3n) is 4.79. The van der Waals surface area contributed by atoms with Gasteiger partial charge in [0.1, 0.15) is 0 Å². The van der Waals surface area contributed by atoms with Crippen LogP contribution in [-0.2, 0) is 19.9 Å². The number of carbonyl (C=O) groups excluding carboxylic acids is 2. The second-order valence-electron chi connectivity index (χ2n) is 6.56. The first kappa shape index (κ1) is 16.3. The fraction of sp³-hybridized carbons (Fsp3) is 0.190. The molecule has 26 heavy (non-hydrogen) atoms. The van der Waals surface area contributed by atoms with E-state index >= 15 is 0 Å². The monoisotopic (exact) mass is 345 g/mol. The van der Waals surface area contributed by atoms with Gasteiger partial charge in [0.05, 0.1) is 0 Å². The zero-order valence-electron chi connectivity index (χ0n) is 14.5. The minimum Gasteiger partial charge on any atom is -0.331 e. The third kappa shape index (κ3) is 3.04. The summed E-state index contributed by atoms with van der Waals surface area (Å²) in [6.07, 6.45) is 6.63. The van der Waals surface area contributed by atoms with Crippen LogP contribution < -0.4 is 5.32 Å². The third-order valence-corrected chi connectivity index (χ3v) is 4.79. The van der Waals surface area contributed by atoms with E-state index in [1.54, 1.807) is 48.3 Å². The number of amides is 1. The smallest absolute Gasteiger partial charge is 0.255 e. The van der Waals surface area contributed by atoms with E-state index in [1.807, 2.05) is 18.2 Å². The van der Waals surface area contributed by atoms with Gasteiger partial charge in [0.25, 0.3) is 5.91 Å². The molecule has 1 aliphatic carbocycles. The first-order chi connectivity index (χ1) is 12.6. The van der Waals surface area contributed by atoms with Gasteiger partial charge in [-0.25, -0.2) is 4.98 Å². The summed E-state index contributed by atoms with van der Waals surface area (Å²) in [6.45, 7) is 0. The SMILES string of the molecule is Cn1ccnc1C(=O)c1ccc(NC(=O)c2ccc3c(c2)CCC3)cc1. The Morgan fingerprint density at radius 1 is 1.00 bits per heavy atom. The number of rotatable bonds is 4. The van der Waals surface area contributed by atoms with Gasteiger partial charge in [0, 0.05) is 36.3 Å². The van der Waals surface area contributed by atoms with Crippen LogP contribution in [-0.4, -0.2) is 21.2 Å². The Labute approximate surface area is 151 Å². The number of ketones is 1. The largest absolute Gasteiger partial charge is 0.331 e. The number of fused-ring (bicyclic) bond motifs is 1. The summed E-state index contributed by atoms with van der Waals surface area (Å²) in [7, 11) is 1.78. The Hall–Kier alpha value is -3.21. The average molecular weight is 345 g/mol. The number of hydrogen-bond donors (Lipinski definition) is 1. The molecule has 0 bridgehead atoms. The zero-order chi connectivity index (χ0) is 18.1. The van der Waals surface area contributed by atoms with Crippen molar-refractivity contribution in [2.75, 3.05) is 5.32 Å². The number of aromatic nitrogens is 2. The van der Waals surface area contributed by atoms with Crippen molar-refractivity contribution in [3.8, 4) is 0 Å². The van der Waals surface area contributed by atoms with Crippen LogP contribution in [0.5, 0.6) is 0 Å². The van der Waals surface area contributed by atoms with E-state index in [2.05, 4.69) is 10.3 Å². The van der Waals surface area contributed by atoms with E-state index < -0.39 is 0 Å². The van der Waals surface area contributed by atoms with E-state index in [0.29, 0.717) is 22.6 Å². The maximum atomic E-state index is 12.5. The lowest BCUT2D eigenvalue weighted by Gasteiger charge is -2.08. The highest BCUT2D eigenvalue weighted by atomic mass is 16.1. The van der Waals surface area contributed by atoms with Crippen molar-refractivity contribution in [1.29, 1.82) is 0 Å². The summed E-state index contributed by atoms with van der Waals surface area (Å²) < 4.78 is 1.69. The Bertz CT molecular complexity index is 987. The van der Waals surface area contributed by atoms with Crippen molar-refractivity contribution in [1.82, 2.24) is 9.55 Å². The summed E-state index contributed by atoms with van der Waals surface area (Å²) in [5.74, 6) is 0.108. The van der Waals surface area contributed by atoms with Gasteiger partial charge < -0.3 is 9.88 Å². The highest BCUT2D eigenvalue weighted by Gasteiger charge is 2.15. The van der Waals surface area contributed by atoms with Gasteiger partial charge in [0.15, 0.2) is 5.82 Å². The number of nitrogens with one attached hydrogen (secondary N) is 1. The predicted molar refractivity (Wildman–Crippen MR) is 99.5 cm³/mol. The number of aryl methyl sites for hydroxylation is 3. The molecule has 1 amide bonds. The zero-order valence-corrected chi connectivity index (χ0v) is 14.5. The molecule has 4 rings (SSSR count). The first-order valence-electron chi connectivity index (χ1n) is 8.67. The molecule has 3 aromatic rings. The molecule has 0 saturated heterocycles. The van der Waals surface area contributed by atoms with E-state index in [9.17, 15) is 9.59 Å². The fourth-order valence-corrected chi connectivity index (χ4v) is 3.33. The second-order valence-corrected chi connectivity index (χ2v) is 6.56. The number of nitrogens with zero attached hydrogens (tertiary/aromatic N) is 2. The first-order valence-corrected chi connectivity index (χ1v) is 8.67. The maximum Gasteiger partial charge on any atom is 0.255 e. The van der Waals surface area contributed by atoms with Crippen molar-refractivity contribution in [3.05, 3.63) is 82.9 Å². The Balaban J connectivity index is 1.48. The van der Waals surface area contributed by atoms with Crippen LogP contribution in [0.25, 0.3) is 0 Å². The molecule has 0 aliphatic heterocycles. The molecule has 0 saturated carbocycles. The maximum absolute atomic E-state index is 12.5. The molecular weight excluding hydrogens is 326 g/mol. The molecule has 130 valence electrons. The normalized spacial score (nSPS) is 12.7. The van der Waals surface area contributed by atoms with Gasteiger partial charge in [-0.2, -0.15) is 0 Å². The number of carbonyl (C=O) groups is 2. The Morgan fingerprint density at radius 2 is 1.73 bits per heavy atom. The fourth-order valence-electron chi connectivity index (χ4n) is 3.33. The second kappa shape index (κ2) is 6.59. The van der Waals surface area contributed by atoms with Crippen molar-refractivity contribution in [3.63, 3.8) is 0 Å². The van der Waals surface area contributed by atoms with Gasteiger partial charge in [-0.05, 0) is 66.8 Å². The minimum atomic E-state index is -0.144. The molecule has 1 aromatic heterocycles. The molecule has 1 aliphatic rings. The number of hydrogen-bond acceptors (Lipinski definition) is 3. The summed E-state index contributed by atoms with van der Waals surface area (Å²) in [5, 5.41) is 2.89. The lowest BCUT2D eigenvalue weighted by molar-refractivity contribution is 0.102. The Morgan fingerprint density at radius 3 is 2.46 bits per heavy atom. The highest BCUT2D eigenvalue weighted by molar-refractivity contribution is 6.07. The van der Waals surface area contributed by atoms with Crippen molar-refractivity contribution < 1.29 is 9.59 Å². The van der Waals surface area contributed by atoms with Crippen LogP contribution in [0.15, 0.2) is 54.9 Å². The van der Waals surface area contributed by atoms with Crippen molar-refractivity contribution in [2.45, 2.75) is 19.3 Å². The molecule has 0 radical (unpaired) electrons. The summed E-state index contributed by atoms with van der Waals surface area (Å²) >= 11 is 0. The summed E-state index contributed by atoms with van der Waals surface area (Å²) in [5.41, 5.74) is 4.48. The average Bonchev–Trinajstić information content (AvgIpc) is 3.29. The number of imidazole rings is 1. The predicted octanol–water partition coefficient (Wildman–Crippen LogP) is 3.39. The van der Waals surface area contributed by atoms with Crippen LogP contribution >= 0.6 is 0 Å². The minimum absolute atomic E-state index is 0.136. The lowest BCUT2D eigenvalue weighted by Crippen LogP contribution is -2.13. The molecular formula is C21H19N3O2. The van der Waals surface area contributed by atoms with Gasteiger partial charge >= 0.3 is 0 Å². The van der Waals surface area contributed by atoms with Crippen LogP contribution in [0.4, 0.5) is 5.69 Å². The molecule has 5 heteroatoms. The van der Waals surface area contributed by atoms with Crippen LogP contribution in [0.3, 0.4) is 0 Å². The Kier molecular flexibility index (Phi) is 4.13. The van der Waals surface area contributed by atoms with Crippen LogP contribution in [0.2, 0.25) is 0 Å². The van der Waals surface area contributed by atoms with Gasteiger partial charge in [0.2, 0.25) is 5.78 Å². The standard InChI is InChI=1S/C21H19N3O2/c1-24-12-11-22-20(24)19(25)15-7-9-18(10-8-15)23-21(26)17-6-5-14-3-2-4-16(14)13-17/h5-13H,2-4H2,1H3,(H,23,26). The molecule has 0 unspecified atom stereocenters. The van der Waals surface area contributed by atoms with Gasteiger partial charge in [-0.15, -0.1) is 0 Å². The topological polar surface area (TPSA) is 64.0 Å². The number of anilines is 1. The molecule has 0 fully saturated rings. The quantitative estimate of drug-likeness (QED) is 0.737. The van der Waals surface area contributed by atoms with E-state index in [-0.39, 0.29) is 11.7 Å². The van der Waals surface area contributed by atoms with Gasteiger partial charge in [-0.1, -0.05) is 6.07 Å². The molecule has 2 aromatic carbocycles. The number of benzene rings is 2. The van der Waals surface area contributed by atoms with E-state index in [1.165, 1.54) is 11.1 Å². The summed E-state index contributed by atoms with van der Waals surface area (Å²) in [4.78, 5) is 29.0. The lowest BCUT2D eigenvalue weighted by atomic mass is 10.1. The van der Waals surface area contributed by atoms with Crippen molar-refractivity contribution in [2.24, 2.45) is 7.05 Å². The van der Waals surface area contributed by atoms with Gasteiger partial charge in [-0.3, -0.25) is 9.59 Å². The van der Waals surface area contributed by atoms with E-state index in [0.717, 1.165) is 19.3 Å². The molecule has 5 nitrogen and oxygen atoms in total. The van der Waals surface area contributed by atoms with Crippen molar-refractivity contribution >= 4 is 17.4 Å². The molecule has 0 atom stereocenters.